The van der Waals surface area contributed by atoms with Gasteiger partial charge in [0, 0.05) is 31.2 Å². The molecule has 2 aliphatic rings. The maximum Gasteiger partial charge on any atom is 0.0221 e. The van der Waals surface area contributed by atoms with E-state index < -0.39 is 0 Å². The molecule has 2 heteroatoms. The molecule has 100 valence electrons. The highest BCUT2D eigenvalue weighted by Crippen LogP contribution is 2.33. The van der Waals surface area contributed by atoms with E-state index in [1.165, 1.54) is 38.8 Å². The van der Waals surface area contributed by atoms with Crippen LogP contribution in [0.5, 0.6) is 0 Å². The Morgan fingerprint density at radius 2 is 1.71 bits per heavy atom. The Balaban J connectivity index is 2.02. The SMILES string of the molecule is CCC1CNC(C)CN1C1CC(C)CC(C)C1. The molecule has 0 aromatic rings. The number of piperazine rings is 1. The number of hydrogen-bond acceptors (Lipinski definition) is 2. The first-order chi connectivity index (χ1) is 8.10. The molecule has 17 heavy (non-hydrogen) atoms. The van der Waals surface area contributed by atoms with Gasteiger partial charge in [-0.2, -0.15) is 0 Å². The summed E-state index contributed by atoms with van der Waals surface area (Å²) in [6, 6.07) is 2.29. The highest BCUT2D eigenvalue weighted by atomic mass is 15.3. The molecular formula is C15H30N2. The van der Waals surface area contributed by atoms with Crippen LogP contribution < -0.4 is 5.32 Å². The molecule has 4 unspecified atom stereocenters. The van der Waals surface area contributed by atoms with Gasteiger partial charge in [-0.3, -0.25) is 4.90 Å². The summed E-state index contributed by atoms with van der Waals surface area (Å²) in [5.74, 6) is 1.85. The van der Waals surface area contributed by atoms with Crippen LogP contribution in [0.2, 0.25) is 0 Å². The second-order valence-corrected chi connectivity index (χ2v) is 6.64. The first-order valence-corrected chi connectivity index (χ1v) is 7.59. The monoisotopic (exact) mass is 238 g/mol. The Kier molecular flexibility index (Phi) is 4.48. The summed E-state index contributed by atoms with van der Waals surface area (Å²) < 4.78 is 0. The van der Waals surface area contributed by atoms with E-state index in [-0.39, 0.29) is 0 Å². The molecule has 1 aliphatic carbocycles. The Morgan fingerprint density at radius 1 is 1.06 bits per heavy atom. The van der Waals surface area contributed by atoms with Crippen molar-refractivity contribution < 1.29 is 0 Å². The van der Waals surface area contributed by atoms with Gasteiger partial charge in [0.05, 0.1) is 0 Å². The van der Waals surface area contributed by atoms with Crippen LogP contribution in [-0.4, -0.2) is 36.1 Å². The number of hydrogen-bond donors (Lipinski definition) is 1. The van der Waals surface area contributed by atoms with Crippen molar-refractivity contribution in [1.29, 1.82) is 0 Å². The fraction of sp³-hybridized carbons (Fsp3) is 1.00. The molecular weight excluding hydrogens is 208 g/mol. The van der Waals surface area contributed by atoms with E-state index in [0.717, 1.165) is 23.9 Å². The summed E-state index contributed by atoms with van der Waals surface area (Å²) in [6.45, 7) is 12.0. The third-order valence-corrected chi connectivity index (χ3v) is 4.75. The third-order valence-electron chi connectivity index (χ3n) is 4.75. The lowest BCUT2D eigenvalue weighted by molar-refractivity contribution is 0.0393. The average Bonchev–Trinajstić information content (AvgIpc) is 2.27. The summed E-state index contributed by atoms with van der Waals surface area (Å²) in [5.41, 5.74) is 0. The summed E-state index contributed by atoms with van der Waals surface area (Å²) >= 11 is 0. The van der Waals surface area contributed by atoms with Crippen LogP contribution in [0.25, 0.3) is 0 Å². The van der Waals surface area contributed by atoms with Gasteiger partial charge >= 0.3 is 0 Å². The summed E-state index contributed by atoms with van der Waals surface area (Å²) in [5, 5.41) is 3.63. The lowest BCUT2D eigenvalue weighted by Gasteiger charge is -2.47. The summed E-state index contributed by atoms with van der Waals surface area (Å²) in [7, 11) is 0. The van der Waals surface area contributed by atoms with Gasteiger partial charge in [-0.25, -0.2) is 0 Å². The maximum absolute atomic E-state index is 3.63. The van der Waals surface area contributed by atoms with Crippen molar-refractivity contribution in [1.82, 2.24) is 10.2 Å². The molecule has 2 fully saturated rings. The topological polar surface area (TPSA) is 15.3 Å². The van der Waals surface area contributed by atoms with Crippen LogP contribution in [-0.2, 0) is 0 Å². The van der Waals surface area contributed by atoms with E-state index in [9.17, 15) is 0 Å². The maximum atomic E-state index is 3.63. The molecule has 4 atom stereocenters. The van der Waals surface area contributed by atoms with Crippen molar-refractivity contribution in [2.75, 3.05) is 13.1 Å². The van der Waals surface area contributed by atoms with Gasteiger partial charge in [-0.05, 0) is 44.4 Å². The molecule has 0 bridgehead atoms. The normalized spacial score (nSPS) is 44.8. The predicted octanol–water partition coefficient (Wildman–Crippen LogP) is 2.88. The number of nitrogens with one attached hydrogen (secondary N) is 1. The molecule has 0 aromatic carbocycles. The van der Waals surface area contributed by atoms with Crippen molar-refractivity contribution in [3.05, 3.63) is 0 Å². The van der Waals surface area contributed by atoms with Gasteiger partial charge in [-0.1, -0.05) is 20.8 Å². The van der Waals surface area contributed by atoms with Gasteiger partial charge in [0.1, 0.15) is 0 Å². The number of rotatable bonds is 2. The molecule has 2 nitrogen and oxygen atoms in total. The molecule has 0 amide bonds. The van der Waals surface area contributed by atoms with Crippen molar-refractivity contribution in [3.63, 3.8) is 0 Å². The van der Waals surface area contributed by atoms with Gasteiger partial charge < -0.3 is 5.32 Å². The Bertz CT molecular complexity index is 231. The van der Waals surface area contributed by atoms with Crippen molar-refractivity contribution in [2.45, 2.75) is 71.5 Å². The summed E-state index contributed by atoms with van der Waals surface area (Å²) in [6.07, 6.45) is 5.58. The molecule has 1 N–H and O–H groups in total. The first kappa shape index (κ1) is 13.4. The van der Waals surface area contributed by atoms with Crippen LogP contribution in [0.3, 0.4) is 0 Å². The largest absolute Gasteiger partial charge is 0.311 e. The second-order valence-electron chi connectivity index (χ2n) is 6.64. The molecule has 2 rings (SSSR count). The standard InChI is InChI=1S/C15H30N2/c1-5-14-9-16-13(4)10-17(14)15-7-11(2)6-12(3)8-15/h11-16H,5-10H2,1-4H3. The summed E-state index contributed by atoms with van der Waals surface area (Å²) in [4.78, 5) is 2.83. The molecule has 1 heterocycles. The minimum absolute atomic E-state index is 0.672. The van der Waals surface area contributed by atoms with E-state index in [1.54, 1.807) is 0 Å². The minimum Gasteiger partial charge on any atom is -0.311 e. The van der Waals surface area contributed by atoms with Gasteiger partial charge in [0.2, 0.25) is 0 Å². The Labute approximate surface area is 107 Å². The zero-order valence-corrected chi connectivity index (χ0v) is 12.1. The van der Waals surface area contributed by atoms with E-state index in [4.69, 9.17) is 0 Å². The van der Waals surface area contributed by atoms with E-state index >= 15 is 0 Å². The Morgan fingerprint density at radius 3 is 2.29 bits per heavy atom. The zero-order valence-electron chi connectivity index (χ0n) is 12.1. The zero-order chi connectivity index (χ0) is 12.4. The molecule has 1 aliphatic heterocycles. The fourth-order valence-corrected chi connectivity index (χ4v) is 3.99. The van der Waals surface area contributed by atoms with Gasteiger partial charge in [-0.15, -0.1) is 0 Å². The molecule has 1 saturated heterocycles. The minimum atomic E-state index is 0.672. The van der Waals surface area contributed by atoms with E-state index in [2.05, 4.69) is 37.9 Å². The van der Waals surface area contributed by atoms with E-state index in [1.807, 2.05) is 0 Å². The lowest BCUT2D eigenvalue weighted by atomic mass is 9.79. The highest BCUT2D eigenvalue weighted by Gasteiger charge is 2.34. The van der Waals surface area contributed by atoms with Crippen LogP contribution in [0.4, 0.5) is 0 Å². The smallest absolute Gasteiger partial charge is 0.0221 e. The fourth-order valence-electron chi connectivity index (χ4n) is 3.99. The van der Waals surface area contributed by atoms with Crippen molar-refractivity contribution in [3.8, 4) is 0 Å². The first-order valence-electron chi connectivity index (χ1n) is 7.59. The average molecular weight is 238 g/mol. The van der Waals surface area contributed by atoms with Gasteiger partial charge in [0.15, 0.2) is 0 Å². The van der Waals surface area contributed by atoms with Crippen molar-refractivity contribution >= 4 is 0 Å². The Hall–Kier alpha value is -0.0800. The van der Waals surface area contributed by atoms with E-state index in [0.29, 0.717) is 6.04 Å². The van der Waals surface area contributed by atoms with Crippen LogP contribution in [0, 0.1) is 11.8 Å². The third kappa shape index (κ3) is 3.23. The van der Waals surface area contributed by atoms with Gasteiger partial charge in [0.25, 0.3) is 0 Å². The second kappa shape index (κ2) is 5.71. The van der Waals surface area contributed by atoms with Crippen LogP contribution in [0.15, 0.2) is 0 Å². The highest BCUT2D eigenvalue weighted by molar-refractivity contribution is 4.91. The molecule has 0 aromatic heterocycles. The van der Waals surface area contributed by atoms with Crippen LogP contribution in [0.1, 0.15) is 53.4 Å². The molecule has 1 saturated carbocycles. The van der Waals surface area contributed by atoms with Crippen molar-refractivity contribution in [2.24, 2.45) is 11.8 Å². The number of nitrogens with zero attached hydrogens (tertiary/aromatic N) is 1. The lowest BCUT2D eigenvalue weighted by Crippen LogP contribution is -2.59. The molecule has 0 spiro atoms. The molecule has 0 radical (unpaired) electrons. The predicted molar refractivity (Wildman–Crippen MR) is 74.2 cm³/mol. The van der Waals surface area contributed by atoms with Crippen LogP contribution >= 0.6 is 0 Å². The quantitative estimate of drug-likeness (QED) is 0.796.